The molecule has 1 saturated heterocycles. The number of piperidine rings is 1. The Labute approximate surface area is 94.2 Å². The fraction of sp³-hybridized carbons (Fsp3) is 0.500. The van der Waals surface area contributed by atoms with Crippen LogP contribution in [-0.4, -0.2) is 36.0 Å². The molecule has 0 aromatic carbocycles. The molecule has 4 heteroatoms. The molecular weight excluding hydrogens is 204 g/mol. The number of hydrogen-bond acceptors (Lipinski definition) is 4. The first kappa shape index (κ1) is 9.78. The highest BCUT2D eigenvalue weighted by Gasteiger charge is 2.48. The van der Waals surface area contributed by atoms with E-state index in [9.17, 15) is 4.79 Å². The van der Waals surface area contributed by atoms with Gasteiger partial charge in [-0.05, 0) is 19.2 Å². The predicted octanol–water partition coefficient (Wildman–Crippen LogP) is 1.17. The molecule has 3 rings (SSSR count). The minimum absolute atomic E-state index is 0.215. The lowest BCUT2D eigenvalue weighted by Gasteiger charge is -2.36. The molecule has 0 unspecified atom stereocenters. The molecule has 0 N–H and O–H groups in total. The first-order valence-electron chi connectivity index (χ1n) is 5.59. The number of pyridine rings is 1. The highest BCUT2D eigenvalue weighted by Crippen LogP contribution is 2.42. The number of rotatable bonds is 0. The van der Waals surface area contributed by atoms with Crippen LogP contribution in [0.5, 0.6) is 0 Å². The van der Waals surface area contributed by atoms with Crippen molar-refractivity contribution in [2.75, 3.05) is 20.1 Å². The topological polar surface area (TPSA) is 42.4 Å². The summed E-state index contributed by atoms with van der Waals surface area (Å²) < 4.78 is 5.58. The molecule has 0 saturated carbocycles. The van der Waals surface area contributed by atoms with E-state index in [1.165, 1.54) is 0 Å². The van der Waals surface area contributed by atoms with Gasteiger partial charge in [0.1, 0.15) is 0 Å². The maximum Gasteiger partial charge on any atom is 0.341 e. The van der Waals surface area contributed by atoms with Crippen LogP contribution in [0, 0.1) is 0 Å². The van der Waals surface area contributed by atoms with Crippen molar-refractivity contribution in [2.45, 2.75) is 18.4 Å². The predicted molar refractivity (Wildman–Crippen MR) is 58.1 cm³/mol. The van der Waals surface area contributed by atoms with Crippen molar-refractivity contribution in [2.24, 2.45) is 0 Å². The minimum atomic E-state index is -0.444. The van der Waals surface area contributed by atoms with Crippen molar-refractivity contribution in [3.63, 3.8) is 0 Å². The van der Waals surface area contributed by atoms with Crippen LogP contribution >= 0.6 is 0 Å². The van der Waals surface area contributed by atoms with Crippen LogP contribution in [0.3, 0.4) is 0 Å². The van der Waals surface area contributed by atoms with Gasteiger partial charge < -0.3 is 9.64 Å². The van der Waals surface area contributed by atoms with Crippen LogP contribution in [-0.2, 0) is 10.3 Å². The quantitative estimate of drug-likeness (QED) is 0.613. The van der Waals surface area contributed by atoms with Gasteiger partial charge in [0.2, 0.25) is 0 Å². The van der Waals surface area contributed by atoms with E-state index in [0.717, 1.165) is 31.6 Å². The zero-order valence-corrected chi connectivity index (χ0v) is 9.27. The smallest absolute Gasteiger partial charge is 0.341 e. The van der Waals surface area contributed by atoms with Gasteiger partial charge in [-0.1, -0.05) is 0 Å². The Morgan fingerprint density at radius 2 is 2.19 bits per heavy atom. The Hall–Kier alpha value is -1.42. The van der Waals surface area contributed by atoms with E-state index in [1.807, 2.05) is 0 Å². The van der Waals surface area contributed by atoms with Gasteiger partial charge >= 0.3 is 5.97 Å². The third kappa shape index (κ3) is 1.26. The summed E-state index contributed by atoms with van der Waals surface area (Å²) in [6, 6.07) is 3.59. The number of ether oxygens (including phenoxy) is 1. The first-order valence-corrected chi connectivity index (χ1v) is 5.59. The van der Waals surface area contributed by atoms with Gasteiger partial charge in [-0.3, -0.25) is 4.98 Å². The molecule has 0 radical (unpaired) electrons. The molecule has 2 aliphatic rings. The molecule has 1 aromatic heterocycles. The van der Waals surface area contributed by atoms with Gasteiger partial charge in [0, 0.05) is 32.1 Å². The zero-order chi connectivity index (χ0) is 11.2. The van der Waals surface area contributed by atoms with E-state index in [4.69, 9.17) is 4.74 Å². The van der Waals surface area contributed by atoms with Gasteiger partial charge in [0.25, 0.3) is 0 Å². The van der Waals surface area contributed by atoms with Crippen molar-refractivity contribution in [1.82, 2.24) is 9.88 Å². The van der Waals surface area contributed by atoms with Gasteiger partial charge in [-0.2, -0.15) is 0 Å². The number of likely N-dealkylation sites (tertiary alicyclic amines) is 1. The Morgan fingerprint density at radius 3 is 2.94 bits per heavy atom. The van der Waals surface area contributed by atoms with Crippen LogP contribution in [0.25, 0.3) is 0 Å². The molecule has 0 amide bonds. The van der Waals surface area contributed by atoms with Gasteiger partial charge in [-0.15, -0.1) is 0 Å². The molecule has 0 aliphatic carbocycles. The third-order valence-corrected chi connectivity index (χ3v) is 3.54. The second kappa shape index (κ2) is 3.28. The molecular formula is C12H14N2O2. The second-order valence-electron chi connectivity index (χ2n) is 4.59. The fourth-order valence-corrected chi connectivity index (χ4v) is 2.53. The van der Waals surface area contributed by atoms with E-state index in [-0.39, 0.29) is 5.97 Å². The summed E-state index contributed by atoms with van der Waals surface area (Å²) in [5, 5.41) is 0. The van der Waals surface area contributed by atoms with E-state index < -0.39 is 5.60 Å². The molecule has 2 aliphatic heterocycles. The first-order chi connectivity index (χ1) is 7.71. The number of nitrogens with zero attached hydrogens (tertiary/aromatic N) is 2. The normalized spacial score (nSPS) is 23.2. The Kier molecular flexibility index (Phi) is 2.01. The molecule has 0 bridgehead atoms. The van der Waals surface area contributed by atoms with E-state index in [2.05, 4.69) is 16.9 Å². The molecule has 1 spiro atoms. The summed E-state index contributed by atoms with van der Waals surface area (Å²) in [7, 11) is 2.09. The van der Waals surface area contributed by atoms with E-state index >= 15 is 0 Å². The summed E-state index contributed by atoms with van der Waals surface area (Å²) in [6.45, 7) is 1.90. The lowest BCUT2D eigenvalue weighted by molar-refractivity contribution is -0.0413. The van der Waals surface area contributed by atoms with Crippen LogP contribution in [0.1, 0.15) is 28.9 Å². The van der Waals surface area contributed by atoms with Crippen molar-refractivity contribution < 1.29 is 9.53 Å². The lowest BCUT2D eigenvalue weighted by atomic mass is 9.87. The third-order valence-electron chi connectivity index (χ3n) is 3.54. The Bertz CT molecular complexity index is 436. The molecule has 84 valence electrons. The average Bonchev–Trinajstić information content (AvgIpc) is 2.58. The van der Waals surface area contributed by atoms with E-state index in [1.54, 1.807) is 18.3 Å². The standard InChI is InChI=1S/C12H14N2O2/c1-14-7-4-12(5-8-14)10-9(11(15)16-12)3-2-6-13-10/h2-3,6H,4-5,7-8H2,1H3. The highest BCUT2D eigenvalue weighted by molar-refractivity contribution is 5.94. The Balaban J connectivity index is 2.02. The molecule has 3 heterocycles. The zero-order valence-electron chi connectivity index (χ0n) is 9.27. The van der Waals surface area contributed by atoms with Crippen LogP contribution in [0.4, 0.5) is 0 Å². The van der Waals surface area contributed by atoms with Crippen LogP contribution in [0.2, 0.25) is 0 Å². The molecule has 0 atom stereocenters. The van der Waals surface area contributed by atoms with Crippen molar-refractivity contribution >= 4 is 5.97 Å². The molecule has 16 heavy (non-hydrogen) atoms. The number of carbonyl (C=O) groups excluding carboxylic acids is 1. The van der Waals surface area contributed by atoms with Crippen molar-refractivity contribution in [3.8, 4) is 0 Å². The fourth-order valence-electron chi connectivity index (χ4n) is 2.53. The van der Waals surface area contributed by atoms with Gasteiger partial charge in [-0.25, -0.2) is 4.79 Å². The van der Waals surface area contributed by atoms with Crippen molar-refractivity contribution in [3.05, 3.63) is 29.6 Å². The summed E-state index contributed by atoms with van der Waals surface area (Å²) >= 11 is 0. The summed E-state index contributed by atoms with van der Waals surface area (Å²) in [4.78, 5) is 18.3. The number of fused-ring (bicyclic) bond motifs is 2. The summed E-state index contributed by atoms with van der Waals surface area (Å²) in [5.74, 6) is -0.215. The minimum Gasteiger partial charge on any atom is -0.449 e. The van der Waals surface area contributed by atoms with Crippen molar-refractivity contribution in [1.29, 1.82) is 0 Å². The maximum absolute atomic E-state index is 11.7. The van der Waals surface area contributed by atoms with Gasteiger partial charge in [0.05, 0.1) is 11.3 Å². The van der Waals surface area contributed by atoms with Crippen LogP contribution in [0.15, 0.2) is 18.3 Å². The van der Waals surface area contributed by atoms with Gasteiger partial charge in [0.15, 0.2) is 5.60 Å². The number of aromatic nitrogens is 1. The van der Waals surface area contributed by atoms with E-state index in [0.29, 0.717) is 5.56 Å². The largest absolute Gasteiger partial charge is 0.449 e. The number of esters is 1. The maximum atomic E-state index is 11.7. The summed E-state index contributed by atoms with van der Waals surface area (Å²) in [5.41, 5.74) is 1.04. The molecule has 1 fully saturated rings. The monoisotopic (exact) mass is 218 g/mol. The van der Waals surface area contributed by atoms with Crippen LogP contribution < -0.4 is 0 Å². The second-order valence-corrected chi connectivity index (χ2v) is 4.59. The lowest BCUT2D eigenvalue weighted by Crippen LogP contribution is -2.41. The Morgan fingerprint density at radius 1 is 1.44 bits per heavy atom. The average molecular weight is 218 g/mol. The number of hydrogen-bond donors (Lipinski definition) is 0. The molecule has 1 aromatic rings. The highest BCUT2D eigenvalue weighted by atomic mass is 16.6. The SMILES string of the molecule is CN1CCC2(CC1)OC(=O)c1cccnc12. The molecule has 4 nitrogen and oxygen atoms in total. The summed E-state index contributed by atoms with van der Waals surface area (Å²) in [6.07, 6.45) is 3.43. The number of carbonyl (C=O) groups is 1.